The highest BCUT2D eigenvalue weighted by molar-refractivity contribution is 14.1. The second-order valence-corrected chi connectivity index (χ2v) is 7.44. The zero-order valence-corrected chi connectivity index (χ0v) is 16.3. The van der Waals surface area contributed by atoms with Crippen molar-refractivity contribution < 1.29 is 31.2 Å². The van der Waals surface area contributed by atoms with Crippen molar-refractivity contribution in [2.45, 2.75) is 5.51 Å². The number of hydrogen-bond acceptors (Lipinski definition) is 4. The molecular weight excluding hydrogens is 502 g/mol. The summed E-state index contributed by atoms with van der Waals surface area (Å²) in [4.78, 5) is 13.5. The lowest BCUT2D eigenvalue weighted by molar-refractivity contribution is -0.0510. The molecule has 0 amide bonds. The summed E-state index contributed by atoms with van der Waals surface area (Å²) in [6.07, 6.45) is 0. The number of H-pyrrole nitrogens is 1. The van der Waals surface area contributed by atoms with Crippen LogP contribution in [-0.2, 0) is 10.1 Å². The van der Waals surface area contributed by atoms with Crippen molar-refractivity contribution in [3.05, 3.63) is 74.6 Å². The minimum absolute atomic E-state index is 0.0225. The molecule has 1 aromatic heterocycles. The summed E-state index contributed by atoms with van der Waals surface area (Å²) in [6, 6.07) is 18.5. The number of aromatic hydroxyl groups is 1. The summed E-state index contributed by atoms with van der Waals surface area (Å²) in [7, 11) is -5.84. The maximum Gasteiger partial charge on any atom is 0.522 e. The molecule has 0 bridgehead atoms. The van der Waals surface area contributed by atoms with E-state index in [1.165, 1.54) is 9.64 Å². The maximum absolute atomic E-state index is 10.9. The molecule has 3 N–H and O–H groups in total. The first-order valence-corrected chi connectivity index (χ1v) is 9.49. The van der Waals surface area contributed by atoms with Crippen LogP contribution in [0.5, 0.6) is 5.75 Å². The molecule has 0 saturated heterocycles. The largest absolute Gasteiger partial charge is 0.522 e. The highest BCUT2D eigenvalue weighted by Gasteiger charge is 2.44. The molecule has 0 aliphatic carbocycles. The molecule has 146 valence electrons. The fraction of sp³-hybridized carbons (Fsp3) is 0.0625. The van der Waals surface area contributed by atoms with Crippen LogP contribution < -0.4 is 5.56 Å². The van der Waals surface area contributed by atoms with Gasteiger partial charge in [-0.1, -0.05) is 30.3 Å². The van der Waals surface area contributed by atoms with Gasteiger partial charge in [0.2, 0.25) is 0 Å². The summed E-state index contributed by atoms with van der Waals surface area (Å²) in [6.45, 7) is 0. The molecule has 3 rings (SSSR count). The lowest BCUT2D eigenvalue weighted by Gasteiger charge is -1.97. The van der Waals surface area contributed by atoms with E-state index in [4.69, 9.17) is 13.0 Å². The smallest absolute Gasteiger partial charge is 0.507 e. The predicted octanol–water partition coefficient (Wildman–Crippen LogP) is 3.92. The molecule has 0 radical (unpaired) electrons. The van der Waals surface area contributed by atoms with Crippen LogP contribution in [0.2, 0.25) is 0 Å². The van der Waals surface area contributed by atoms with E-state index in [2.05, 4.69) is 39.7 Å². The molecule has 0 atom stereocenters. The number of rotatable bonds is 0. The average molecular weight is 515 g/mol. The number of alkyl halides is 3. The molecule has 0 fully saturated rings. The number of pyridine rings is 1. The lowest BCUT2D eigenvalue weighted by Crippen LogP contribution is -2.21. The summed E-state index contributed by atoms with van der Waals surface area (Å²) < 4.78 is 58.8. The number of halogens is 4. The van der Waals surface area contributed by atoms with Gasteiger partial charge in [0.25, 0.3) is 5.56 Å². The third kappa shape index (κ3) is 7.97. The summed E-state index contributed by atoms with van der Waals surface area (Å²) in [5.74, 6) is 0.0225. The Hall–Kier alpha value is -2.12. The van der Waals surface area contributed by atoms with Gasteiger partial charge in [-0.2, -0.15) is 21.6 Å². The van der Waals surface area contributed by atoms with Crippen molar-refractivity contribution in [1.29, 1.82) is 0 Å². The first kappa shape index (κ1) is 22.9. The predicted molar refractivity (Wildman–Crippen MR) is 103 cm³/mol. The van der Waals surface area contributed by atoms with Gasteiger partial charge in [-0.3, -0.25) is 9.35 Å². The molecule has 27 heavy (non-hydrogen) atoms. The van der Waals surface area contributed by atoms with Crippen LogP contribution in [0.1, 0.15) is 0 Å². The molecule has 0 unspecified atom stereocenters. The Kier molecular flexibility index (Phi) is 8.24. The number of para-hydroxylation sites is 1. The van der Waals surface area contributed by atoms with E-state index >= 15 is 0 Å². The van der Waals surface area contributed by atoms with Gasteiger partial charge in [0, 0.05) is 15.0 Å². The van der Waals surface area contributed by atoms with Crippen LogP contribution in [0.15, 0.2) is 65.5 Å². The van der Waals surface area contributed by atoms with Crippen LogP contribution >= 0.6 is 22.6 Å². The lowest BCUT2D eigenvalue weighted by atomic mass is 10.2. The quantitative estimate of drug-likeness (QED) is 0.239. The van der Waals surface area contributed by atoms with E-state index in [1.807, 2.05) is 18.2 Å². The topological polar surface area (TPSA) is 107 Å². The minimum Gasteiger partial charge on any atom is -0.507 e. The summed E-state index contributed by atoms with van der Waals surface area (Å²) in [5.41, 5.74) is -5.17. The molecule has 11 heteroatoms. The van der Waals surface area contributed by atoms with E-state index in [-0.39, 0.29) is 11.3 Å². The summed E-state index contributed by atoms with van der Waals surface area (Å²) >= 11 is 2.28. The van der Waals surface area contributed by atoms with Crippen molar-refractivity contribution in [1.82, 2.24) is 4.98 Å². The van der Waals surface area contributed by atoms with Gasteiger partial charge < -0.3 is 10.1 Å². The number of aromatic amines is 1. The van der Waals surface area contributed by atoms with Crippen LogP contribution in [0.3, 0.4) is 0 Å². The summed E-state index contributed by atoms with van der Waals surface area (Å²) in [5, 5.41) is 10.00. The third-order valence-electron chi connectivity index (χ3n) is 2.75. The van der Waals surface area contributed by atoms with Crippen molar-refractivity contribution in [3.8, 4) is 5.75 Å². The Morgan fingerprint density at radius 3 is 1.89 bits per heavy atom. The fourth-order valence-electron chi connectivity index (χ4n) is 1.60. The third-order valence-corrected chi connectivity index (χ3v) is 4.06. The Balaban J connectivity index is 0.000000214. The average Bonchev–Trinajstić information content (AvgIpc) is 2.55. The number of aromatic nitrogens is 1. The molecular formula is C16H13F3INO5S. The standard InChI is InChI=1S/C9H7NO2.C6H5I.CHF3O3S/c11-8-5-9(12)10-7-4-2-1-3-6(7)8;7-6-4-2-1-3-5-6;2-1(3,4)8(5,6)7/h1-5H,(H2,10,11,12);1-5H;(H,5,6,7). The normalized spacial score (nSPS) is 11.0. The molecule has 0 spiro atoms. The van der Waals surface area contributed by atoms with Crippen LogP contribution in [-0.4, -0.2) is 28.6 Å². The Morgan fingerprint density at radius 2 is 1.44 bits per heavy atom. The van der Waals surface area contributed by atoms with E-state index in [0.717, 1.165) is 0 Å². The Morgan fingerprint density at radius 1 is 0.963 bits per heavy atom. The monoisotopic (exact) mass is 515 g/mol. The van der Waals surface area contributed by atoms with Gasteiger partial charge in [0.05, 0.1) is 5.52 Å². The molecule has 2 aromatic carbocycles. The van der Waals surface area contributed by atoms with E-state index in [1.54, 1.807) is 24.3 Å². The van der Waals surface area contributed by atoms with Gasteiger partial charge in [-0.05, 0) is 46.9 Å². The zero-order valence-electron chi connectivity index (χ0n) is 13.3. The van der Waals surface area contributed by atoms with Crippen molar-refractivity contribution >= 4 is 43.6 Å². The highest BCUT2D eigenvalue weighted by atomic mass is 127. The van der Waals surface area contributed by atoms with Gasteiger partial charge in [0.1, 0.15) is 5.75 Å². The molecule has 1 heterocycles. The zero-order chi connectivity index (χ0) is 20.7. The number of hydrogen-bond donors (Lipinski definition) is 3. The molecule has 0 aliphatic rings. The van der Waals surface area contributed by atoms with Crippen molar-refractivity contribution in [2.75, 3.05) is 0 Å². The first-order chi connectivity index (χ1) is 12.4. The van der Waals surface area contributed by atoms with E-state index in [0.29, 0.717) is 10.9 Å². The molecule has 0 aliphatic heterocycles. The molecule has 0 saturated carbocycles. The van der Waals surface area contributed by atoms with Gasteiger partial charge in [-0.25, -0.2) is 0 Å². The van der Waals surface area contributed by atoms with Crippen molar-refractivity contribution in [2.24, 2.45) is 0 Å². The maximum atomic E-state index is 10.9. The van der Waals surface area contributed by atoms with Crippen LogP contribution in [0.4, 0.5) is 13.2 Å². The second-order valence-electron chi connectivity index (χ2n) is 4.78. The van der Waals surface area contributed by atoms with Crippen LogP contribution in [0, 0.1) is 3.57 Å². The van der Waals surface area contributed by atoms with Crippen LogP contribution in [0.25, 0.3) is 10.9 Å². The Labute approximate surface area is 165 Å². The SMILES string of the molecule is Ic1ccccc1.O=S(=O)(O)C(F)(F)F.O=c1cc(O)c2ccccc2[nH]1. The van der Waals surface area contributed by atoms with Gasteiger partial charge >= 0.3 is 15.6 Å². The number of benzene rings is 2. The first-order valence-electron chi connectivity index (χ1n) is 6.97. The van der Waals surface area contributed by atoms with Gasteiger partial charge in [-0.15, -0.1) is 0 Å². The molecule has 6 nitrogen and oxygen atoms in total. The minimum atomic E-state index is -5.84. The van der Waals surface area contributed by atoms with Crippen molar-refractivity contribution in [3.63, 3.8) is 0 Å². The fourth-order valence-corrected chi connectivity index (χ4v) is 2.02. The van der Waals surface area contributed by atoms with E-state index in [9.17, 15) is 23.1 Å². The number of nitrogens with one attached hydrogen (secondary N) is 1. The molecule has 3 aromatic rings. The Bertz CT molecular complexity index is 1040. The number of fused-ring (bicyclic) bond motifs is 1. The second kappa shape index (κ2) is 9.71. The van der Waals surface area contributed by atoms with E-state index < -0.39 is 15.6 Å². The van der Waals surface area contributed by atoms with Gasteiger partial charge in [0.15, 0.2) is 0 Å². The highest BCUT2D eigenvalue weighted by Crippen LogP contribution is 2.20.